The second-order valence-electron chi connectivity index (χ2n) is 14.1. The van der Waals surface area contributed by atoms with E-state index in [1.54, 1.807) is 0 Å². The van der Waals surface area contributed by atoms with E-state index >= 15 is 0 Å². The Kier molecular flexibility index (Phi) is 21.5. The summed E-state index contributed by atoms with van der Waals surface area (Å²) >= 11 is 0. The first-order valence-corrected chi connectivity index (χ1v) is 18.7. The molecule has 2 aliphatic heterocycles. The number of carbonyl (C=O) groups excluding carboxylic acids is 2. The first-order chi connectivity index (χ1) is 21.3. The summed E-state index contributed by atoms with van der Waals surface area (Å²) < 4.78 is 11.5. The number of unbranched alkanes of at least 4 members (excludes halogenated alkanes) is 14. The number of carbonyl (C=O) groups is 2. The maximum absolute atomic E-state index is 11.8. The van der Waals surface area contributed by atoms with Gasteiger partial charge in [0.15, 0.2) is 0 Å². The van der Waals surface area contributed by atoms with Gasteiger partial charge in [0.05, 0.1) is 36.4 Å². The van der Waals surface area contributed by atoms with Crippen LogP contribution in [0.15, 0.2) is 0 Å². The Balaban J connectivity index is 1.40. The second kappa shape index (κ2) is 24.2. The van der Waals surface area contributed by atoms with Crippen molar-refractivity contribution in [3.63, 3.8) is 0 Å². The molecule has 0 aromatic rings. The van der Waals surface area contributed by atoms with Crippen LogP contribution in [0, 0.1) is 5.92 Å². The molecule has 0 bridgehead atoms. The molecule has 0 unspecified atom stereocenters. The normalized spacial score (nSPS) is 24.0. The van der Waals surface area contributed by atoms with Gasteiger partial charge in [-0.2, -0.15) is 0 Å². The summed E-state index contributed by atoms with van der Waals surface area (Å²) in [6, 6.07) is 0. The number of aliphatic hydroxyl groups is 3. The smallest absolute Gasteiger partial charge is 0.309 e. The Morgan fingerprint density at radius 2 is 1.16 bits per heavy atom. The van der Waals surface area contributed by atoms with E-state index in [0.717, 1.165) is 77.0 Å². The van der Waals surface area contributed by atoms with Crippen LogP contribution in [0.1, 0.15) is 181 Å². The molecule has 0 radical (unpaired) electrons. The highest BCUT2D eigenvalue weighted by Gasteiger charge is 2.35. The number of hydrogen-bond donors (Lipinski definition) is 3. The highest BCUT2D eigenvalue weighted by atomic mass is 16.6. The number of Topliss-reactive ketones (excluding diaryl/α,β-unsaturated/α-hetero) is 1. The lowest BCUT2D eigenvalue weighted by atomic mass is 9.96. The number of esters is 1. The topological polar surface area (TPSA) is 113 Å². The van der Waals surface area contributed by atoms with Crippen molar-refractivity contribution in [3.8, 4) is 0 Å². The quantitative estimate of drug-likeness (QED) is 0.0595. The van der Waals surface area contributed by atoms with E-state index in [2.05, 4.69) is 6.92 Å². The summed E-state index contributed by atoms with van der Waals surface area (Å²) in [5, 5.41) is 31.6. The van der Waals surface area contributed by atoms with E-state index in [1.165, 1.54) is 77.6 Å². The van der Waals surface area contributed by atoms with Crippen LogP contribution in [0.25, 0.3) is 0 Å². The fourth-order valence-electron chi connectivity index (χ4n) is 7.04. The maximum atomic E-state index is 11.8. The minimum absolute atomic E-state index is 0.0341. The SMILES string of the molecule is CCCCCCCCCCCCCC[C@@H](O)[C@H]1CC[C@H]([C@H](O)CCCC[C@H](O)CCCCC[C@@H]2C[C@@H](CC(C)=O)C(=O)O2)O1. The number of rotatable bonds is 28. The Morgan fingerprint density at radius 1 is 0.705 bits per heavy atom. The molecule has 2 rings (SSSR count). The van der Waals surface area contributed by atoms with E-state index in [0.29, 0.717) is 12.8 Å². The van der Waals surface area contributed by atoms with Gasteiger partial charge in [-0.05, 0) is 64.7 Å². The number of aliphatic hydroxyl groups excluding tert-OH is 3. The third-order valence-electron chi connectivity index (χ3n) is 9.85. The fourth-order valence-corrected chi connectivity index (χ4v) is 7.04. The zero-order valence-electron chi connectivity index (χ0n) is 28.4. The van der Waals surface area contributed by atoms with E-state index in [4.69, 9.17) is 9.47 Å². The van der Waals surface area contributed by atoms with E-state index in [9.17, 15) is 24.9 Å². The van der Waals surface area contributed by atoms with Crippen LogP contribution in [0.2, 0.25) is 0 Å². The molecule has 2 aliphatic rings. The van der Waals surface area contributed by atoms with E-state index in [1.807, 2.05) is 0 Å². The van der Waals surface area contributed by atoms with Crippen molar-refractivity contribution in [3.05, 3.63) is 0 Å². The lowest BCUT2D eigenvalue weighted by molar-refractivity contribution is -0.145. The summed E-state index contributed by atoms with van der Waals surface area (Å²) in [6.45, 7) is 3.78. The molecule has 0 aromatic heterocycles. The van der Waals surface area contributed by atoms with Crippen LogP contribution in [0.4, 0.5) is 0 Å². The van der Waals surface area contributed by atoms with Crippen LogP contribution in [0.3, 0.4) is 0 Å². The Labute approximate surface area is 269 Å². The van der Waals surface area contributed by atoms with Crippen molar-refractivity contribution in [2.75, 3.05) is 0 Å². The molecule has 0 spiro atoms. The van der Waals surface area contributed by atoms with Gasteiger partial charge in [0.1, 0.15) is 11.9 Å². The van der Waals surface area contributed by atoms with Crippen LogP contribution in [-0.4, -0.2) is 63.7 Å². The average Bonchev–Trinajstić information content (AvgIpc) is 3.62. The minimum atomic E-state index is -0.504. The molecule has 7 heteroatoms. The lowest BCUT2D eigenvalue weighted by Gasteiger charge is -2.22. The Morgan fingerprint density at radius 3 is 1.70 bits per heavy atom. The molecule has 44 heavy (non-hydrogen) atoms. The van der Waals surface area contributed by atoms with Gasteiger partial charge >= 0.3 is 5.97 Å². The molecule has 7 atom stereocenters. The molecule has 7 nitrogen and oxygen atoms in total. The Bertz CT molecular complexity index is 743. The number of cyclic esters (lactones) is 1. The second-order valence-corrected chi connectivity index (χ2v) is 14.1. The molecule has 258 valence electrons. The highest BCUT2D eigenvalue weighted by molar-refractivity contribution is 5.83. The molecular formula is C37H68O7. The summed E-state index contributed by atoms with van der Waals surface area (Å²) in [5.41, 5.74) is 0. The summed E-state index contributed by atoms with van der Waals surface area (Å²) in [4.78, 5) is 23.1. The average molecular weight is 625 g/mol. The van der Waals surface area contributed by atoms with E-state index < -0.39 is 12.2 Å². The molecule has 0 amide bonds. The molecule has 0 aliphatic carbocycles. The number of hydrogen-bond acceptors (Lipinski definition) is 7. The summed E-state index contributed by atoms with van der Waals surface area (Å²) in [7, 11) is 0. The molecule has 2 heterocycles. The van der Waals surface area contributed by atoms with Gasteiger partial charge in [-0.3, -0.25) is 4.79 Å². The summed E-state index contributed by atoms with van der Waals surface area (Å²) in [5.74, 6) is -0.459. The zero-order chi connectivity index (χ0) is 32.0. The molecule has 2 fully saturated rings. The standard InChI is InChI=1S/C37H68O7/c1-3-4-5-6-7-8-9-10-11-12-13-17-23-33(40)35-25-26-36(44-35)34(41)24-19-18-21-31(39)20-15-14-16-22-32-28-30(27-29(2)38)37(42)43-32/h30-36,39-41H,3-28H2,1-2H3/t30-,31-,32-,33-,34-,35-,36-/m1/s1. The first kappa shape index (κ1) is 39.2. The Hall–Kier alpha value is -1.02. The molecular weight excluding hydrogens is 556 g/mol. The molecule has 0 aromatic carbocycles. The molecule has 3 N–H and O–H groups in total. The van der Waals surface area contributed by atoms with Crippen LogP contribution >= 0.6 is 0 Å². The van der Waals surface area contributed by atoms with Crippen molar-refractivity contribution in [2.24, 2.45) is 5.92 Å². The molecule has 2 saturated heterocycles. The van der Waals surface area contributed by atoms with Gasteiger partial charge < -0.3 is 29.6 Å². The maximum Gasteiger partial charge on any atom is 0.309 e. The summed E-state index contributed by atoms with van der Waals surface area (Å²) in [6.07, 6.45) is 25.1. The van der Waals surface area contributed by atoms with Crippen molar-refractivity contribution < 1.29 is 34.4 Å². The van der Waals surface area contributed by atoms with Gasteiger partial charge in [-0.15, -0.1) is 0 Å². The van der Waals surface area contributed by atoms with Crippen molar-refractivity contribution in [1.82, 2.24) is 0 Å². The largest absolute Gasteiger partial charge is 0.462 e. The third-order valence-corrected chi connectivity index (χ3v) is 9.85. The predicted octanol–water partition coefficient (Wildman–Crippen LogP) is 8.13. The van der Waals surface area contributed by atoms with Crippen LogP contribution in [-0.2, 0) is 19.1 Å². The van der Waals surface area contributed by atoms with Gasteiger partial charge in [-0.1, -0.05) is 110 Å². The number of ether oxygens (including phenoxy) is 2. The van der Waals surface area contributed by atoms with Crippen molar-refractivity contribution >= 4 is 11.8 Å². The zero-order valence-corrected chi connectivity index (χ0v) is 28.4. The molecule has 0 saturated carbocycles. The van der Waals surface area contributed by atoms with Crippen LogP contribution in [0.5, 0.6) is 0 Å². The van der Waals surface area contributed by atoms with Crippen molar-refractivity contribution in [2.45, 2.75) is 217 Å². The fraction of sp³-hybridized carbons (Fsp3) is 0.946. The highest BCUT2D eigenvalue weighted by Crippen LogP contribution is 2.29. The predicted molar refractivity (Wildman–Crippen MR) is 176 cm³/mol. The van der Waals surface area contributed by atoms with Crippen molar-refractivity contribution in [1.29, 1.82) is 0 Å². The van der Waals surface area contributed by atoms with Gasteiger partial charge in [0.2, 0.25) is 0 Å². The first-order valence-electron chi connectivity index (χ1n) is 18.7. The lowest BCUT2D eigenvalue weighted by Crippen LogP contribution is -2.31. The minimum Gasteiger partial charge on any atom is -0.462 e. The monoisotopic (exact) mass is 624 g/mol. The van der Waals surface area contributed by atoms with Gasteiger partial charge in [0, 0.05) is 6.42 Å². The third kappa shape index (κ3) is 17.6. The number of ketones is 1. The van der Waals surface area contributed by atoms with E-state index in [-0.39, 0.29) is 48.5 Å². The van der Waals surface area contributed by atoms with Crippen LogP contribution < -0.4 is 0 Å². The van der Waals surface area contributed by atoms with Gasteiger partial charge in [-0.25, -0.2) is 0 Å². The van der Waals surface area contributed by atoms with Gasteiger partial charge in [0.25, 0.3) is 0 Å².